The van der Waals surface area contributed by atoms with Gasteiger partial charge in [-0.1, -0.05) is 6.07 Å². The van der Waals surface area contributed by atoms with Crippen LogP contribution in [0.25, 0.3) is 0 Å². The van der Waals surface area contributed by atoms with Gasteiger partial charge in [0, 0.05) is 37.3 Å². The van der Waals surface area contributed by atoms with Gasteiger partial charge in [0.2, 0.25) is 0 Å². The molecule has 0 aromatic heterocycles. The molecule has 0 atom stereocenters. The molecule has 0 unspecified atom stereocenters. The second kappa shape index (κ2) is 8.06. The van der Waals surface area contributed by atoms with Crippen LogP contribution in [-0.2, 0) is 11.3 Å². The van der Waals surface area contributed by atoms with Gasteiger partial charge in [0.25, 0.3) is 0 Å². The van der Waals surface area contributed by atoms with Crippen LogP contribution in [0, 0.1) is 0 Å². The number of ether oxygens (including phenoxy) is 1. The minimum absolute atomic E-state index is 0.0298. The molecule has 130 valence electrons. The first-order valence-corrected chi connectivity index (χ1v) is 7.81. The number of phenolic OH excluding ortho intramolecular Hbond substituents is 2. The van der Waals surface area contributed by atoms with E-state index in [9.17, 15) is 15.0 Å². The number of nitrogens with zero attached hydrogens (tertiary/aromatic N) is 1. The molecule has 3 N–H and O–H groups in total. The maximum Gasteiger partial charge on any atom is 0.410 e. The van der Waals surface area contributed by atoms with Gasteiger partial charge in [0.05, 0.1) is 0 Å². The summed E-state index contributed by atoms with van der Waals surface area (Å²) in [5, 5.41) is 22.2. The molecule has 0 aliphatic rings. The third-order valence-corrected chi connectivity index (χ3v) is 3.17. The molecule has 0 aliphatic heterocycles. The topological polar surface area (TPSA) is 82.0 Å². The molecule has 0 spiro atoms. The molecule has 6 heteroatoms. The van der Waals surface area contributed by atoms with Crippen LogP contribution in [-0.4, -0.2) is 45.9 Å². The summed E-state index contributed by atoms with van der Waals surface area (Å²) in [7, 11) is 0. The largest absolute Gasteiger partial charge is 0.508 e. The molecule has 0 radical (unpaired) electrons. The summed E-state index contributed by atoms with van der Waals surface area (Å²) < 4.78 is 5.40. The summed E-state index contributed by atoms with van der Waals surface area (Å²) >= 11 is 0. The fourth-order valence-electron chi connectivity index (χ4n) is 2.01. The van der Waals surface area contributed by atoms with Crippen molar-refractivity contribution in [1.82, 2.24) is 10.2 Å². The minimum atomic E-state index is -0.518. The molecule has 1 amide bonds. The first kappa shape index (κ1) is 19.1. The highest BCUT2D eigenvalue weighted by Crippen LogP contribution is 2.22. The summed E-state index contributed by atoms with van der Waals surface area (Å²) in [6.07, 6.45) is -0.332. The van der Waals surface area contributed by atoms with Gasteiger partial charge in [-0.3, -0.25) is 0 Å². The number of rotatable bonds is 6. The maximum absolute atomic E-state index is 12.2. The second-order valence-corrected chi connectivity index (χ2v) is 6.76. The Hall–Kier alpha value is -1.95. The van der Waals surface area contributed by atoms with Crippen molar-refractivity contribution in [1.29, 1.82) is 0 Å². The molecule has 6 nitrogen and oxygen atoms in total. The Morgan fingerprint density at radius 3 is 2.48 bits per heavy atom. The van der Waals surface area contributed by atoms with Crippen LogP contribution >= 0.6 is 0 Å². The Bertz CT molecular complexity index is 524. The summed E-state index contributed by atoms with van der Waals surface area (Å²) in [4.78, 5) is 13.8. The zero-order valence-electron chi connectivity index (χ0n) is 14.6. The molecule has 23 heavy (non-hydrogen) atoms. The van der Waals surface area contributed by atoms with E-state index in [2.05, 4.69) is 5.32 Å². The Morgan fingerprint density at radius 2 is 1.96 bits per heavy atom. The van der Waals surface area contributed by atoms with E-state index in [1.54, 1.807) is 11.0 Å². The molecule has 0 aliphatic carbocycles. The highest BCUT2D eigenvalue weighted by atomic mass is 16.6. The van der Waals surface area contributed by atoms with Crippen LogP contribution in [0.15, 0.2) is 18.2 Å². The quantitative estimate of drug-likeness (QED) is 0.701. The molecular weight excluding hydrogens is 296 g/mol. The van der Waals surface area contributed by atoms with E-state index in [1.165, 1.54) is 12.1 Å². The second-order valence-electron chi connectivity index (χ2n) is 6.76. The Balaban J connectivity index is 2.48. The fraction of sp³-hybridized carbons (Fsp3) is 0.588. The van der Waals surface area contributed by atoms with Crippen molar-refractivity contribution in [3.63, 3.8) is 0 Å². The molecule has 0 saturated carbocycles. The number of carbonyl (C=O) groups excluding carboxylic acids is 1. The number of carbonyl (C=O) groups is 1. The summed E-state index contributed by atoms with van der Waals surface area (Å²) in [6, 6.07) is 4.52. The zero-order chi connectivity index (χ0) is 17.6. The van der Waals surface area contributed by atoms with Crippen molar-refractivity contribution in [3.8, 4) is 11.5 Å². The number of benzene rings is 1. The highest BCUT2D eigenvalue weighted by molar-refractivity contribution is 5.68. The van der Waals surface area contributed by atoms with E-state index >= 15 is 0 Å². The lowest BCUT2D eigenvalue weighted by molar-refractivity contribution is 0.0193. The number of hydrogen-bond acceptors (Lipinski definition) is 5. The van der Waals surface area contributed by atoms with Gasteiger partial charge < -0.3 is 25.2 Å². The minimum Gasteiger partial charge on any atom is -0.508 e. The third kappa shape index (κ3) is 6.78. The van der Waals surface area contributed by atoms with Crippen molar-refractivity contribution < 1.29 is 19.7 Å². The van der Waals surface area contributed by atoms with Gasteiger partial charge in [-0.05, 0) is 40.7 Å². The summed E-state index contributed by atoms with van der Waals surface area (Å²) in [5.74, 6) is 0.0764. The first-order chi connectivity index (χ1) is 10.6. The Kier molecular flexibility index (Phi) is 6.69. The monoisotopic (exact) mass is 324 g/mol. The van der Waals surface area contributed by atoms with E-state index in [0.717, 1.165) is 0 Å². The van der Waals surface area contributed by atoms with Gasteiger partial charge in [0.15, 0.2) is 0 Å². The SMILES string of the molecule is CC(C)N(CCNCc1ccc(O)cc1O)C(=O)OC(C)(C)C. The number of aromatic hydroxyl groups is 2. The first-order valence-electron chi connectivity index (χ1n) is 7.81. The predicted octanol–water partition coefficient (Wildman–Crippen LogP) is 2.83. The number of hydrogen-bond donors (Lipinski definition) is 3. The van der Waals surface area contributed by atoms with Crippen LogP contribution in [0.3, 0.4) is 0 Å². The van der Waals surface area contributed by atoms with Gasteiger partial charge in [0.1, 0.15) is 17.1 Å². The highest BCUT2D eigenvalue weighted by Gasteiger charge is 2.23. The number of nitrogens with one attached hydrogen (secondary N) is 1. The molecular formula is C17H28N2O4. The van der Waals surface area contributed by atoms with Crippen molar-refractivity contribution in [2.24, 2.45) is 0 Å². The van der Waals surface area contributed by atoms with E-state index in [4.69, 9.17) is 4.74 Å². The van der Waals surface area contributed by atoms with Gasteiger partial charge in [-0.2, -0.15) is 0 Å². The zero-order valence-corrected chi connectivity index (χ0v) is 14.6. The van der Waals surface area contributed by atoms with Crippen LogP contribution in [0.4, 0.5) is 4.79 Å². The van der Waals surface area contributed by atoms with Crippen molar-refractivity contribution in [3.05, 3.63) is 23.8 Å². The van der Waals surface area contributed by atoms with Crippen LogP contribution < -0.4 is 5.32 Å². The van der Waals surface area contributed by atoms with E-state index in [1.807, 2.05) is 34.6 Å². The van der Waals surface area contributed by atoms with E-state index in [0.29, 0.717) is 25.2 Å². The van der Waals surface area contributed by atoms with Crippen LogP contribution in [0.5, 0.6) is 11.5 Å². The van der Waals surface area contributed by atoms with Gasteiger partial charge >= 0.3 is 6.09 Å². The Morgan fingerprint density at radius 1 is 1.30 bits per heavy atom. The van der Waals surface area contributed by atoms with Crippen LogP contribution in [0.2, 0.25) is 0 Å². The molecule has 0 bridgehead atoms. The lowest BCUT2D eigenvalue weighted by Crippen LogP contribution is -2.44. The Labute approximate surface area is 138 Å². The number of amides is 1. The molecule has 0 saturated heterocycles. The number of phenols is 2. The normalized spacial score (nSPS) is 11.6. The average Bonchev–Trinajstić information content (AvgIpc) is 2.38. The lowest BCUT2D eigenvalue weighted by atomic mass is 10.2. The molecule has 0 heterocycles. The molecule has 1 rings (SSSR count). The predicted molar refractivity (Wildman–Crippen MR) is 89.6 cm³/mol. The molecule has 1 aromatic carbocycles. The van der Waals surface area contributed by atoms with Crippen molar-refractivity contribution in [2.45, 2.75) is 52.8 Å². The molecule has 0 fully saturated rings. The smallest absolute Gasteiger partial charge is 0.410 e. The van der Waals surface area contributed by atoms with Crippen LogP contribution in [0.1, 0.15) is 40.2 Å². The standard InChI is InChI=1S/C17H28N2O4/c1-12(2)19(16(22)23-17(3,4)5)9-8-18-11-13-6-7-14(20)10-15(13)21/h6-7,10,12,18,20-21H,8-9,11H2,1-5H3. The van der Waals surface area contributed by atoms with E-state index < -0.39 is 5.60 Å². The van der Waals surface area contributed by atoms with E-state index in [-0.39, 0.29) is 23.6 Å². The maximum atomic E-state index is 12.2. The lowest BCUT2D eigenvalue weighted by Gasteiger charge is -2.30. The van der Waals surface area contributed by atoms with Gasteiger partial charge in [-0.15, -0.1) is 0 Å². The molecule has 1 aromatic rings. The summed E-state index contributed by atoms with van der Waals surface area (Å²) in [5.41, 5.74) is 0.173. The third-order valence-electron chi connectivity index (χ3n) is 3.17. The average molecular weight is 324 g/mol. The van der Waals surface area contributed by atoms with Crippen molar-refractivity contribution >= 4 is 6.09 Å². The van der Waals surface area contributed by atoms with Crippen molar-refractivity contribution in [2.75, 3.05) is 13.1 Å². The fourth-order valence-corrected chi connectivity index (χ4v) is 2.01. The van der Waals surface area contributed by atoms with Gasteiger partial charge in [-0.25, -0.2) is 4.79 Å². The summed E-state index contributed by atoms with van der Waals surface area (Å²) in [6.45, 7) is 10.9.